The van der Waals surface area contributed by atoms with Gasteiger partial charge >= 0.3 is 5.97 Å². The van der Waals surface area contributed by atoms with Crippen LogP contribution in [0.3, 0.4) is 0 Å². The van der Waals surface area contributed by atoms with Gasteiger partial charge in [0.1, 0.15) is 18.4 Å². The highest BCUT2D eigenvalue weighted by molar-refractivity contribution is 7.98. The number of unbranched alkanes of at least 4 members (excludes halogenated alkanes) is 1. The average molecular weight is 521 g/mol. The number of anilines is 2. The molecule has 2 aromatic carbocycles. The molecule has 1 aliphatic rings. The minimum absolute atomic E-state index is 0.0760. The number of hydrogen-bond acceptors (Lipinski definition) is 8. The number of hydrogen-bond donors (Lipinski definition) is 1. The van der Waals surface area contributed by atoms with Gasteiger partial charge in [0.15, 0.2) is 9.84 Å². The van der Waals surface area contributed by atoms with Gasteiger partial charge in [-0.3, -0.25) is 4.79 Å². The molecule has 35 heavy (non-hydrogen) atoms. The van der Waals surface area contributed by atoms with Crippen molar-refractivity contribution in [3.05, 3.63) is 42.5 Å². The molecule has 0 radical (unpaired) electrons. The Morgan fingerprint density at radius 3 is 2.54 bits per heavy atom. The number of carbonyl (C=O) groups excluding carboxylic acids is 1. The van der Waals surface area contributed by atoms with Crippen LogP contribution < -0.4 is 15.4 Å². The van der Waals surface area contributed by atoms with Crippen LogP contribution in [0.5, 0.6) is 5.75 Å². The SMILES string of the molecule is CCCC[C@@]1(CC)CN(c2ccccc2)c2cc(SC)c(OC[C@@H](N)C(=O)OC)cc2S(=O)(=O)C1. The lowest BCUT2D eigenvalue weighted by Gasteiger charge is -2.36. The van der Waals surface area contributed by atoms with Crippen molar-refractivity contribution >= 4 is 38.9 Å². The van der Waals surface area contributed by atoms with Crippen molar-refractivity contribution in [2.75, 3.05) is 37.2 Å². The molecule has 0 aliphatic carbocycles. The summed E-state index contributed by atoms with van der Waals surface area (Å²) >= 11 is 1.45. The summed E-state index contributed by atoms with van der Waals surface area (Å²) in [6.07, 6.45) is 5.48. The number of fused-ring (bicyclic) bond motifs is 1. The topological polar surface area (TPSA) is 98.9 Å². The smallest absolute Gasteiger partial charge is 0.326 e. The molecule has 2 atom stereocenters. The fourth-order valence-electron chi connectivity index (χ4n) is 4.54. The van der Waals surface area contributed by atoms with Crippen LogP contribution in [0.1, 0.15) is 39.5 Å². The van der Waals surface area contributed by atoms with Crippen LogP contribution in [0.4, 0.5) is 11.4 Å². The van der Waals surface area contributed by atoms with E-state index in [1.54, 1.807) is 6.07 Å². The van der Waals surface area contributed by atoms with Crippen LogP contribution in [0.2, 0.25) is 0 Å². The standard InChI is InChI=1S/C26H36N2O5S2/c1-5-7-13-26(6-2)17-28(19-11-9-8-10-12-19)21-14-23(34-4)22(15-24(21)35(30,31)18-26)33-16-20(27)25(29)32-3/h8-12,14-15,20H,5-7,13,16-18,27H2,1-4H3/t20-,26+/m1/s1. The second-order valence-electron chi connectivity index (χ2n) is 9.05. The molecule has 0 aromatic heterocycles. The number of rotatable bonds is 10. The van der Waals surface area contributed by atoms with Gasteiger partial charge in [-0.2, -0.15) is 0 Å². The maximum Gasteiger partial charge on any atom is 0.326 e. The van der Waals surface area contributed by atoms with Gasteiger partial charge in [0.2, 0.25) is 0 Å². The molecule has 2 N–H and O–H groups in total. The summed E-state index contributed by atoms with van der Waals surface area (Å²) in [5.41, 5.74) is 7.07. The van der Waals surface area contributed by atoms with E-state index in [2.05, 4.69) is 23.5 Å². The highest BCUT2D eigenvalue weighted by Crippen LogP contribution is 2.47. The monoisotopic (exact) mass is 520 g/mol. The van der Waals surface area contributed by atoms with Gasteiger partial charge in [-0.1, -0.05) is 44.9 Å². The number of ether oxygens (including phenoxy) is 2. The lowest BCUT2D eigenvalue weighted by molar-refractivity contribution is -0.142. The van der Waals surface area contributed by atoms with E-state index in [1.807, 2.05) is 42.7 Å². The molecule has 0 saturated carbocycles. The van der Waals surface area contributed by atoms with Crippen molar-refractivity contribution < 1.29 is 22.7 Å². The van der Waals surface area contributed by atoms with Gasteiger partial charge in [0, 0.05) is 23.7 Å². The molecular formula is C26H36N2O5S2. The summed E-state index contributed by atoms with van der Waals surface area (Å²) in [6, 6.07) is 12.4. The van der Waals surface area contributed by atoms with Gasteiger partial charge < -0.3 is 20.1 Å². The number of thioether (sulfide) groups is 1. The van der Waals surface area contributed by atoms with Crippen LogP contribution in [-0.4, -0.2) is 52.7 Å². The highest BCUT2D eigenvalue weighted by atomic mass is 32.2. The number of carbonyl (C=O) groups is 1. The largest absolute Gasteiger partial charge is 0.490 e. The Balaban J connectivity index is 2.16. The van der Waals surface area contributed by atoms with E-state index in [-0.39, 0.29) is 22.7 Å². The minimum Gasteiger partial charge on any atom is -0.490 e. The summed E-state index contributed by atoms with van der Waals surface area (Å²) < 4.78 is 38.3. The second-order valence-corrected chi connectivity index (χ2v) is 11.9. The number of methoxy groups -OCH3 is 1. The summed E-state index contributed by atoms with van der Waals surface area (Å²) in [7, 11) is -2.37. The summed E-state index contributed by atoms with van der Waals surface area (Å²) in [6.45, 7) is 4.71. The maximum atomic E-state index is 13.9. The Hall–Kier alpha value is -2.23. The molecule has 9 heteroatoms. The number of esters is 1. The zero-order valence-electron chi connectivity index (χ0n) is 21.0. The predicted molar refractivity (Wildman–Crippen MR) is 141 cm³/mol. The van der Waals surface area contributed by atoms with E-state index in [9.17, 15) is 13.2 Å². The number of nitrogens with zero attached hydrogens (tertiary/aromatic N) is 1. The van der Waals surface area contributed by atoms with Crippen molar-refractivity contribution in [2.45, 2.75) is 55.4 Å². The Labute approximate surface area is 213 Å². The molecular weight excluding hydrogens is 484 g/mol. The third-order valence-corrected chi connectivity index (χ3v) is 9.41. The Kier molecular flexibility index (Phi) is 9.12. The van der Waals surface area contributed by atoms with Crippen LogP contribution >= 0.6 is 11.8 Å². The molecule has 0 spiro atoms. The second kappa shape index (κ2) is 11.7. The summed E-state index contributed by atoms with van der Waals surface area (Å²) in [5.74, 6) is -0.117. The zero-order chi connectivity index (χ0) is 25.6. The molecule has 1 heterocycles. The summed E-state index contributed by atoms with van der Waals surface area (Å²) in [4.78, 5) is 14.9. The molecule has 192 valence electrons. The molecule has 1 aliphatic heterocycles. The van der Waals surface area contributed by atoms with Crippen molar-refractivity contribution in [1.82, 2.24) is 0 Å². The third kappa shape index (κ3) is 6.13. The Bertz CT molecular complexity index is 1120. The van der Waals surface area contributed by atoms with Gasteiger partial charge in [0.25, 0.3) is 0 Å². The van der Waals surface area contributed by atoms with E-state index in [4.69, 9.17) is 10.5 Å². The first-order valence-corrected chi connectivity index (χ1v) is 14.8. The molecule has 2 aromatic rings. The van der Waals surface area contributed by atoms with Crippen LogP contribution in [0.15, 0.2) is 52.3 Å². The molecule has 3 rings (SSSR count). The van der Waals surface area contributed by atoms with Crippen molar-refractivity contribution in [3.8, 4) is 5.75 Å². The lowest BCUT2D eigenvalue weighted by Crippen LogP contribution is -2.37. The van der Waals surface area contributed by atoms with Crippen LogP contribution in [-0.2, 0) is 19.4 Å². The lowest BCUT2D eigenvalue weighted by atomic mass is 9.81. The third-order valence-electron chi connectivity index (χ3n) is 6.66. The summed E-state index contributed by atoms with van der Waals surface area (Å²) in [5, 5.41) is 0. The predicted octanol–water partition coefficient (Wildman–Crippen LogP) is 4.80. The van der Waals surface area contributed by atoms with Gasteiger partial charge in [-0.15, -0.1) is 11.8 Å². The molecule has 7 nitrogen and oxygen atoms in total. The van der Waals surface area contributed by atoms with Crippen molar-refractivity contribution in [3.63, 3.8) is 0 Å². The van der Waals surface area contributed by atoms with Crippen molar-refractivity contribution in [1.29, 1.82) is 0 Å². The fraction of sp³-hybridized carbons (Fsp3) is 0.500. The first-order chi connectivity index (χ1) is 16.7. The maximum absolute atomic E-state index is 13.9. The van der Waals surface area contributed by atoms with E-state index >= 15 is 0 Å². The number of benzene rings is 2. The number of nitrogens with two attached hydrogens (primary N) is 1. The zero-order valence-corrected chi connectivity index (χ0v) is 22.6. The first kappa shape index (κ1) is 27.4. The van der Waals surface area contributed by atoms with Crippen LogP contribution in [0, 0.1) is 5.41 Å². The van der Waals surface area contributed by atoms with Crippen molar-refractivity contribution in [2.24, 2.45) is 11.1 Å². The quantitative estimate of drug-likeness (QED) is 0.352. The highest BCUT2D eigenvalue weighted by Gasteiger charge is 2.42. The van der Waals surface area contributed by atoms with Gasteiger partial charge in [-0.25, -0.2) is 8.42 Å². The molecule has 0 saturated heterocycles. The van der Waals surface area contributed by atoms with E-state index in [0.29, 0.717) is 18.0 Å². The van der Waals surface area contributed by atoms with E-state index < -0.39 is 21.8 Å². The molecule has 0 unspecified atom stereocenters. The fourth-order valence-corrected chi connectivity index (χ4v) is 7.27. The van der Waals surface area contributed by atoms with Gasteiger partial charge in [-0.05, 0) is 37.3 Å². The molecule has 0 fully saturated rings. The first-order valence-electron chi connectivity index (χ1n) is 11.9. The minimum atomic E-state index is -3.63. The van der Waals surface area contributed by atoms with E-state index in [1.165, 1.54) is 18.9 Å². The Morgan fingerprint density at radius 1 is 1.23 bits per heavy atom. The molecule has 0 amide bonds. The average Bonchev–Trinajstić information content (AvgIpc) is 2.97. The normalized spacial score (nSPS) is 20.0. The van der Waals surface area contributed by atoms with Crippen LogP contribution in [0.25, 0.3) is 0 Å². The Morgan fingerprint density at radius 2 is 1.94 bits per heavy atom. The number of para-hydroxylation sites is 1. The number of sulfone groups is 1. The van der Waals surface area contributed by atoms with E-state index in [0.717, 1.165) is 36.3 Å². The molecule has 0 bridgehead atoms. The van der Waals surface area contributed by atoms with Gasteiger partial charge in [0.05, 0.1) is 28.3 Å².